The van der Waals surface area contributed by atoms with Crippen LogP contribution in [0.5, 0.6) is 0 Å². The third-order valence-corrected chi connectivity index (χ3v) is 2.31. The number of hydrogen-bond acceptors (Lipinski definition) is 3. The van der Waals surface area contributed by atoms with Crippen molar-refractivity contribution in [2.75, 3.05) is 17.2 Å². The van der Waals surface area contributed by atoms with Crippen LogP contribution in [-0.4, -0.2) is 18.5 Å². The van der Waals surface area contributed by atoms with E-state index < -0.39 is 6.03 Å². The maximum Gasteiger partial charge on any atom is 0.328 e. The summed E-state index contributed by atoms with van der Waals surface area (Å²) in [6.07, 6.45) is 0. The molecule has 5 heteroatoms. The minimum Gasteiger partial charge on any atom is -0.399 e. The molecule has 0 aliphatic heterocycles. The van der Waals surface area contributed by atoms with Crippen LogP contribution in [0.25, 0.3) is 0 Å². The van der Waals surface area contributed by atoms with Crippen LogP contribution in [0.1, 0.15) is 20.8 Å². The molecular formula is C13H19N3O2. The van der Waals surface area contributed by atoms with Gasteiger partial charge in [0.25, 0.3) is 0 Å². The second-order valence-corrected chi connectivity index (χ2v) is 4.53. The zero-order chi connectivity index (χ0) is 13.7. The average Bonchev–Trinajstić information content (AvgIpc) is 2.26. The number of anilines is 2. The van der Waals surface area contributed by atoms with Gasteiger partial charge in [0, 0.05) is 19.2 Å². The van der Waals surface area contributed by atoms with E-state index in [0.29, 0.717) is 23.8 Å². The molecule has 1 aromatic carbocycles. The Morgan fingerprint density at radius 1 is 1.39 bits per heavy atom. The first-order valence-corrected chi connectivity index (χ1v) is 5.86. The molecule has 0 aromatic heterocycles. The first-order valence-electron chi connectivity index (χ1n) is 5.86. The van der Waals surface area contributed by atoms with Gasteiger partial charge in [0.05, 0.1) is 5.69 Å². The first-order chi connectivity index (χ1) is 8.41. The fourth-order valence-electron chi connectivity index (χ4n) is 1.48. The third kappa shape index (κ3) is 3.76. The van der Waals surface area contributed by atoms with Gasteiger partial charge in [0.2, 0.25) is 5.91 Å². The number of nitrogen functional groups attached to an aromatic ring is 1. The highest BCUT2D eigenvalue weighted by atomic mass is 16.2. The maximum absolute atomic E-state index is 12.0. The molecule has 18 heavy (non-hydrogen) atoms. The van der Waals surface area contributed by atoms with E-state index in [1.54, 1.807) is 24.3 Å². The van der Waals surface area contributed by atoms with Gasteiger partial charge in [-0.2, -0.15) is 0 Å². The molecule has 0 unspecified atom stereocenters. The molecule has 0 saturated carbocycles. The van der Waals surface area contributed by atoms with Crippen LogP contribution in [0.3, 0.4) is 0 Å². The van der Waals surface area contributed by atoms with Gasteiger partial charge in [0.15, 0.2) is 0 Å². The first kappa shape index (κ1) is 14.0. The van der Waals surface area contributed by atoms with Crippen LogP contribution in [0.15, 0.2) is 24.3 Å². The predicted molar refractivity (Wildman–Crippen MR) is 72.3 cm³/mol. The SMILES string of the molecule is CC(=O)N(C(=O)NCC(C)C)c1cccc(N)c1. The number of nitrogens with one attached hydrogen (secondary N) is 1. The second kappa shape index (κ2) is 6.05. The zero-order valence-corrected chi connectivity index (χ0v) is 10.9. The number of benzene rings is 1. The van der Waals surface area contributed by atoms with Crippen LogP contribution < -0.4 is 16.0 Å². The summed E-state index contributed by atoms with van der Waals surface area (Å²) in [7, 11) is 0. The van der Waals surface area contributed by atoms with Crippen molar-refractivity contribution in [3.8, 4) is 0 Å². The van der Waals surface area contributed by atoms with Crippen LogP contribution >= 0.6 is 0 Å². The van der Waals surface area contributed by atoms with E-state index in [0.717, 1.165) is 4.90 Å². The summed E-state index contributed by atoms with van der Waals surface area (Å²) in [6, 6.07) is 6.24. The van der Waals surface area contributed by atoms with Gasteiger partial charge >= 0.3 is 6.03 Å². The van der Waals surface area contributed by atoms with Gasteiger partial charge < -0.3 is 11.1 Å². The molecule has 1 rings (SSSR count). The van der Waals surface area contributed by atoms with Gasteiger partial charge in [-0.25, -0.2) is 9.69 Å². The summed E-state index contributed by atoms with van der Waals surface area (Å²) >= 11 is 0. The van der Waals surface area contributed by atoms with E-state index in [1.807, 2.05) is 13.8 Å². The summed E-state index contributed by atoms with van der Waals surface area (Å²) in [6.45, 7) is 5.83. The number of hydrogen-bond donors (Lipinski definition) is 2. The summed E-state index contributed by atoms with van der Waals surface area (Å²) in [5.74, 6) is -0.0227. The monoisotopic (exact) mass is 249 g/mol. The van der Waals surface area contributed by atoms with E-state index in [4.69, 9.17) is 5.73 Å². The van der Waals surface area contributed by atoms with Crippen molar-refractivity contribution in [3.63, 3.8) is 0 Å². The average molecular weight is 249 g/mol. The summed E-state index contributed by atoms with van der Waals surface area (Å²) in [4.78, 5) is 24.6. The summed E-state index contributed by atoms with van der Waals surface area (Å²) < 4.78 is 0. The van der Waals surface area contributed by atoms with Crippen LogP contribution in [0.4, 0.5) is 16.2 Å². The number of rotatable bonds is 3. The van der Waals surface area contributed by atoms with Crippen molar-refractivity contribution in [1.82, 2.24) is 5.32 Å². The molecule has 5 nitrogen and oxygen atoms in total. The van der Waals surface area contributed by atoms with Crippen molar-refractivity contribution < 1.29 is 9.59 Å². The number of nitrogens with two attached hydrogens (primary N) is 1. The van der Waals surface area contributed by atoms with Crippen molar-refractivity contribution in [2.45, 2.75) is 20.8 Å². The van der Waals surface area contributed by atoms with Gasteiger partial charge in [-0.3, -0.25) is 4.79 Å². The van der Waals surface area contributed by atoms with Crippen LogP contribution in [0.2, 0.25) is 0 Å². The fraction of sp³-hybridized carbons (Fsp3) is 0.385. The lowest BCUT2D eigenvalue weighted by molar-refractivity contribution is -0.115. The molecule has 0 spiro atoms. The lowest BCUT2D eigenvalue weighted by Crippen LogP contribution is -2.44. The highest BCUT2D eigenvalue weighted by Crippen LogP contribution is 2.17. The Morgan fingerprint density at radius 3 is 2.56 bits per heavy atom. The molecule has 0 aliphatic carbocycles. The number of amides is 3. The van der Waals surface area contributed by atoms with Gasteiger partial charge in [0.1, 0.15) is 0 Å². The summed E-state index contributed by atoms with van der Waals surface area (Å²) in [5.41, 5.74) is 6.63. The van der Waals surface area contributed by atoms with E-state index in [1.165, 1.54) is 6.92 Å². The number of carbonyl (C=O) groups excluding carboxylic acids is 2. The molecule has 0 atom stereocenters. The molecule has 3 amide bonds. The standard InChI is InChI=1S/C13H19N3O2/c1-9(2)8-15-13(18)16(10(3)17)12-6-4-5-11(14)7-12/h4-7,9H,8,14H2,1-3H3,(H,15,18). The van der Waals surface area contributed by atoms with E-state index >= 15 is 0 Å². The van der Waals surface area contributed by atoms with Crippen LogP contribution in [-0.2, 0) is 4.79 Å². The molecule has 0 radical (unpaired) electrons. The lowest BCUT2D eigenvalue weighted by atomic mass is 10.2. The molecule has 0 bridgehead atoms. The van der Waals surface area contributed by atoms with Crippen molar-refractivity contribution in [1.29, 1.82) is 0 Å². The van der Waals surface area contributed by atoms with Gasteiger partial charge in [-0.05, 0) is 24.1 Å². The molecule has 98 valence electrons. The summed E-state index contributed by atoms with van der Waals surface area (Å²) in [5, 5.41) is 2.71. The quantitative estimate of drug-likeness (QED) is 0.804. The molecule has 0 aliphatic rings. The smallest absolute Gasteiger partial charge is 0.328 e. The molecular weight excluding hydrogens is 230 g/mol. The molecule has 0 saturated heterocycles. The van der Waals surface area contributed by atoms with Gasteiger partial charge in [-0.15, -0.1) is 0 Å². The third-order valence-electron chi connectivity index (χ3n) is 2.31. The van der Waals surface area contributed by atoms with E-state index in [9.17, 15) is 9.59 Å². The van der Waals surface area contributed by atoms with E-state index in [-0.39, 0.29) is 5.91 Å². The largest absolute Gasteiger partial charge is 0.399 e. The lowest BCUT2D eigenvalue weighted by Gasteiger charge is -2.20. The Kier molecular flexibility index (Phi) is 4.71. The van der Waals surface area contributed by atoms with Crippen molar-refractivity contribution in [3.05, 3.63) is 24.3 Å². The fourth-order valence-corrected chi connectivity index (χ4v) is 1.48. The number of imide groups is 1. The second-order valence-electron chi connectivity index (χ2n) is 4.53. The van der Waals surface area contributed by atoms with Crippen molar-refractivity contribution >= 4 is 23.3 Å². The Labute approximate surface area is 107 Å². The topological polar surface area (TPSA) is 75.4 Å². The number of nitrogens with zero attached hydrogens (tertiary/aromatic N) is 1. The molecule has 3 N–H and O–H groups in total. The maximum atomic E-state index is 12.0. The molecule has 0 heterocycles. The van der Waals surface area contributed by atoms with Gasteiger partial charge in [-0.1, -0.05) is 19.9 Å². The van der Waals surface area contributed by atoms with Crippen LogP contribution in [0, 0.1) is 5.92 Å². The number of urea groups is 1. The van der Waals surface area contributed by atoms with Crippen molar-refractivity contribution in [2.24, 2.45) is 5.92 Å². The normalized spacial score (nSPS) is 10.2. The Hall–Kier alpha value is -2.04. The Bertz CT molecular complexity index is 444. The van der Waals surface area contributed by atoms with E-state index in [2.05, 4.69) is 5.32 Å². The molecule has 1 aromatic rings. The highest BCUT2D eigenvalue weighted by molar-refractivity contribution is 6.13. The Morgan fingerprint density at radius 2 is 2.06 bits per heavy atom. The Balaban J connectivity index is 2.89. The molecule has 0 fully saturated rings. The zero-order valence-electron chi connectivity index (χ0n) is 10.9. The number of carbonyl (C=O) groups is 2. The predicted octanol–water partition coefficient (Wildman–Crippen LogP) is 1.99. The minimum absolute atomic E-state index is 0.323. The minimum atomic E-state index is -0.429. The highest BCUT2D eigenvalue weighted by Gasteiger charge is 2.20.